The molecule has 2 unspecified atom stereocenters. The molecule has 0 spiro atoms. The lowest BCUT2D eigenvalue weighted by Crippen LogP contribution is -2.32. The Hall–Kier alpha value is -2.72. The summed E-state index contributed by atoms with van der Waals surface area (Å²) < 4.78 is 33.4. The van der Waals surface area contributed by atoms with E-state index in [4.69, 9.17) is 9.47 Å². The summed E-state index contributed by atoms with van der Waals surface area (Å²) in [5.74, 6) is -3.00. The smallest absolute Gasteiger partial charge is 0.341 e. The molecule has 3 rings (SSSR count). The van der Waals surface area contributed by atoms with E-state index in [0.29, 0.717) is 0 Å². The lowest BCUT2D eigenvalue weighted by molar-refractivity contribution is -0.156. The number of anilines is 1. The molecule has 2 heterocycles. The standard InChI is InChI=1S/C21H23NO7S2/c1-3-28-21(25)16-11-17(14-7-5-4-6-8-14)30-19(16)22-18(23)13(2)29-20(24)15-9-10-31(26,27)12-15/h4-8,11,13,15H,3,9-10,12H2,1-2H3,(H,22,23). The Morgan fingerprint density at radius 1 is 1.23 bits per heavy atom. The maximum absolute atomic E-state index is 12.6. The van der Waals surface area contributed by atoms with Crippen molar-refractivity contribution in [2.45, 2.75) is 26.4 Å². The van der Waals surface area contributed by atoms with Crippen LogP contribution in [-0.2, 0) is 28.9 Å². The van der Waals surface area contributed by atoms with Crippen LogP contribution >= 0.6 is 11.3 Å². The predicted molar refractivity (Wildman–Crippen MR) is 117 cm³/mol. The van der Waals surface area contributed by atoms with Crippen LogP contribution in [0.15, 0.2) is 36.4 Å². The zero-order valence-electron chi connectivity index (χ0n) is 17.1. The molecule has 166 valence electrons. The average molecular weight is 466 g/mol. The van der Waals surface area contributed by atoms with Crippen molar-refractivity contribution in [2.75, 3.05) is 23.4 Å². The third-order valence-corrected chi connectivity index (χ3v) is 7.62. The van der Waals surface area contributed by atoms with Crippen molar-refractivity contribution < 1.29 is 32.3 Å². The van der Waals surface area contributed by atoms with Crippen LogP contribution in [0.3, 0.4) is 0 Å². The van der Waals surface area contributed by atoms with E-state index >= 15 is 0 Å². The molecule has 0 aliphatic carbocycles. The molecule has 2 aromatic rings. The van der Waals surface area contributed by atoms with E-state index in [0.717, 1.165) is 10.4 Å². The highest BCUT2D eigenvalue weighted by atomic mass is 32.2. The molecule has 1 aliphatic heterocycles. The van der Waals surface area contributed by atoms with Gasteiger partial charge in [-0.25, -0.2) is 13.2 Å². The molecule has 1 amide bonds. The fourth-order valence-corrected chi connectivity index (χ4v) is 5.89. The summed E-state index contributed by atoms with van der Waals surface area (Å²) in [6, 6.07) is 11.0. The molecule has 0 bridgehead atoms. The van der Waals surface area contributed by atoms with Gasteiger partial charge >= 0.3 is 11.9 Å². The van der Waals surface area contributed by atoms with Gasteiger partial charge in [0.1, 0.15) is 5.00 Å². The average Bonchev–Trinajstić information content (AvgIpc) is 3.32. The normalized spacial score (nSPS) is 18.2. The van der Waals surface area contributed by atoms with Gasteiger partial charge in [-0.15, -0.1) is 11.3 Å². The maximum atomic E-state index is 12.6. The van der Waals surface area contributed by atoms with Gasteiger partial charge in [-0.2, -0.15) is 0 Å². The molecule has 1 saturated heterocycles. The van der Waals surface area contributed by atoms with Crippen molar-refractivity contribution in [3.63, 3.8) is 0 Å². The first-order valence-corrected chi connectivity index (χ1v) is 12.4. The minimum Gasteiger partial charge on any atom is -0.462 e. The van der Waals surface area contributed by atoms with Gasteiger partial charge in [-0.3, -0.25) is 9.59 Å². The van der Waals surface area contributed by atoms with Gasteiger partial charge in [0.2, 0.25) is 0 Å². The van der Waals surface area contributed by atoms with Gasteiger partial charge in [-0.05, 0) is 31.9 Å². The number of sulfone groups is 1. The van der Waals surface area contributed by atoms with E-state index < -0.39 is 39.7 Å². The quantitative estimate of drug-likeness (QED) is 0.625. The number of nitrogens with one attached hydrogen (secondary N) is 1. The number of hydrogen-bond acceptors (Lipinski definition) is 8. The molecule has 0 radical (unpaired) electrons. The van der Waals surface area contributed by atoms with Crippen LogP contribution in [0.5, 0.6) is 0 Å². The third kappa shape index (κ3) is 5.71. The van der Waals surface area contributed by atoms with Gasteiger partial charge in [0, 0.05) is 4.88 Å². The summed E-state index contributed by atoms with van der Waals surface area (Å²) in [4.78, 5) is 38.0. The molecule has 8 nitrogen and oxygen atoms in total. The van der Waals surface area contributed by atoms with E-state index in [1.54, 1.807) is 13.0 Å². The first kappa shape index (κ1) is 23.0. The van der Waals surface area contributed by atoms with Crippen molar-refractivity contribution in [1.29, 1.82) is 0 Å². The van der Waals surface area contributed by atoms with Crippen LogP contribution < -0.4 is 5.32 Å². The van der Waals surface area contributed by atoms with E-state index in [2.05, 4.69) is 5.32 Å². The first-order valence-electron chi connectivity index (χ1n) is 9.78. The van der Waals surface area contributed by atoms with Gasteiger partial charge in [-0.1, -0.05) is 30.3 Å². The van der Waals surface area contributed by atoms with Crippen LogP contribution in [0, 0.1) is 5.92 Å². The number of rotatable bonds is 7. The van der Waals surface area contributed by atoms with Crippen LogP contribution in [0.2, 0.25) is 0 Å². The molecule has 0 saturated carbocycles. The lowest BCUT2D eigenvalue weighted by Gasteiger charge is -2.15. The number of esters is 2. The van der Waals surface area contributed by atoms with Crippen molar-refractivity contribution in [2.24, 2.45) is 5.92 Å². The topological polar surface area (TPSA) is 116 Å². The number of carbonyl (C=O) groups is 3. The van der Waals surface area contributed by atoms with E-state index in [9.17, 15) is 22.8 Å². The molecule has 1 aromatic carbocycles. The summed E-state index contributed by atoms with van der Waals surface area (Å²) in [5, 5.41) is 2.92. The highest BCUT2D eigenvalue weighted by Crippen LogP contribution is 2.36. The van der Waals surface area contributed by atoms with Crippen molar-refractivity contribution in [1.82, 2.24) is 0 Å². The van der Waals surface area contributed by atoms with Crippen molar-refractivity contribution in [3.05, 3.63) is 42.0 Å². The summed E-state index contributed by atoms with van der Waals surface area (Å²) in [7, 11) is -3.24. The molecule has 1 aromatic heterocycles. The van der Waals surface area contributed by atoms with Crippen molar-refractivity contribution >= 4 is 44.0 Å². The Bertz CT molecular complexity index is 1080. The second kappa shape index (κ2) is 9.61. The number of ether oxygens (including phenoxy) is 2. The van der Waals surface area contributed by atoms with E-state index in [1.807, 2.05) is 30.3 Å². The highest BCUT2D eigenvalue weighted by molar-refractivity contribution is 7.91. The van der Waals surface area contributed by atoms with E-state index in [1.165, 1.54) is 18.3 Å². The molecule has 1 fully saturated rings. The summed E-state index contributed by atoms with van der Waals surface area (Å²) >= 11 is 1.20. The van der Waals surface area contributed by atoms with Crippen LogP contribution in [-0.4, -0.2) is 50.5 Å². The minimum atomic E-state index is -3.24. The molecular formula is C21H23NO7S2. The minimum absolute atomic E-state index is 0.0618. The molecule has 31 heavy (non-hydrogen) atoms. The zero-order chi connectivity index (χ0) is 22.6. The van der Waals surface area contributed by atoms with Gasteiger partial charge < -0.3 is 14.8 Å². The lowest BCUT2D eigenvalue weighted by atomic mass is 10.1. The highest BCUT2D eigenvalue weighted by Gasteiger charge is 2.35. The SMILES string of the molecule is CCOC(=O)c1cc(-c2ccccc2)sc1NC(=O)C(C)OC(=O)C1CCS(=O)(=O)C1. The van der Waals surface area contributed by atoms with Gasteiger partial charge in [0.25, 0.3) is 5.91 Å². The molecule has 1 N–H and O–H groups in total. The summed E-state index contributed by atoms with van der Waals surface area (Å²) in [6.45, 7) is 3.26. The Balaban J connectivity index is 1.74. The van der Waals surface area contributed by atoms with Crippen LogP contribution in [0.1, 0.15) is 30.6 Å². The maximum Gasteiger partial charge on any atom is 0.341 e. The number of thiophene rings is 1. The van der Waals surface area contributed by atoms with E-state index in [-0.39, 0.29) is 35.1 Å². The second-order valence-corrected chi connectivity index (χ2v) is 10.4. The first-order chi connectivity index (χ1) is 14.7. The number of benzene rings is 1. The Kier molecular flexibility index (Phi) is 7.11. The fourth-order valence-electron chi connectivity index (χ4n) is 3.11. The second-order valence-electron chi connectivity index (χ2n) is 7.11. The number of amides is 1. The van der Waals surface area contributed by atoms with Gasteiger partial charge in [0.15, 0.2) is 15.9 Å². The number of carbonyl (C=O) groups excluding carboxylic acids is 3. The molecule has 1 aliphatic rings. The Labute approximate surface area is 184 Å². The molecule has 2 atom stereocenters. The molecular weight excluding hydrogens is 442 g/mol. The number of hydrogen-bond donors (Lipinski definition) is 1. The summed E-state index contributed by atoms with van der Waals surface area (Å²) in [5.41, 5.74) is 1.08. The van der Waals surface area contributed by atoms with Gasteiger partial charge in [0.05, 0.1) is 29.6 Å². The van der Waals surface area contributed by atoms with Crippen LogP contribution in [0.25, 0.3) is 10.4 Å². The Morgan fingerprint density at radius 2 is 1.94 bits per heavy atom. The predicted octanol–water partition coefficient (Wildman–Crippen LogP) is 2.90. The van der Waals surface area contributed by atoms with Crippen LogP contribution in [0.4, 0.5) is 5.00 Å². The van der Waals surface area contributed by atoms with Crippen molar-refractivity contribution in [3.8, 4) is 10.4 Å². The zero-order valence-corrected chi connectivity index (χ0v) is 18.8. The summed E-state index contributed by atoms with van der Waals surface area (Å²) in [6.07, 6.45) is -0.971. The largest absolute Gasteiger partial charge is 0.462 e. The fraction of sp³-hybridized carbons (Fsp3) is 0.381. The third-order valence-electron chi connectivity index (χ3n) is 4.75. The molecule has 10 heteroatoms. The monoisotopic (exact) mass is 465 g/mol. The Morgan fingerprint density at radius 3 is 2.55 bits per heavy atom.